The van der Waals surface area contributed by atoms with E-state index in [0.717, 1.165) is 10.9 Å². The number of hydrogen-bond acceptors (Lipinski definition) is 6. The summed E-state index contributed by atoms with van der Waals surface area (Å²) in [5.74, 6) is -0.704. The maximum atomic E-state index is 13.1. The summed E-state index contributed by atoms with van der Waals surface area (Å²) >= 11 is 0. The van der Waals surface area contributed by atoms with E-state index in [2.05, 4.69) is 4.98 Å². The number of ether oxygens (including phenoxy) is 1. The van der Waals surface area contributed by atoms with Gasteiger partial charge in [0.2, 0.25) is 0 Å². The normalized spacial score (nSPS) is 14.0. The second-order valence-corrected chi connectivity index (χ2v) is 7.35. The predicted molar refractivity (Wildman–Crippen MR) is 117 cm³/mol. The molecule has 8 nitrogen and oxygen atoms in total. The molecule has 0 unspecified atom stereocenters. The Balaban J connectivity index is 1.71. The molecule has 1 aromatic carbocycles. The lowest BCUT2D eigenvalue weighted by Gasteiger charge is -2.37. The van der Waals surface area contributed by atoms with Crippen LogP contribution in [-0.4, -0.2) is 59.1 Å². The lowest BCUT2D eigenvalue weighted by atomic mass is 10.1. The highest BCUT2D eigenvalue weighted by atomic mass is 16.5. The molecule has 0 spiro atoms. The third kappa shape index (κ3) is 3.76. The van der Waals surface area contributed by atoms with Gasteiger partial charge in [-0.15, -0.1) is 0 Å². The molecule has 0 atom stereocenters. The minimum Gasteiger partial charge on any atom is -0.462 e. The first kappa shape index (κ1) is 20.6. The molecule has 0 N–H and O–H groups in total. The number of fused-ring (bicyclic) bond motifs is 1. The van der Waals surface area contributed by atoms with Crippen molar-refractivity contribution in [1.29, 1.82) is 0 Å². The van der Waals surface area contributed by atoms with Crippen LogP contribution in [0.15, 0.2) is 53.6 Å². The van der Waals surface area contributed by atoms with E-state index < -0.39 is 5.97 Å². The SMILES string of the molecule is CCOC(=O)c1c(N2CCN(C(=O)c3cccnc3)CC2)c2ccccc2n(C)c1=O. The van der Waals surface area contributed by atoms with Crippen molar-refractivity contribution in [3.8, 4) is 0 Å². The molecule has 1 aliphatic heterocycles. The minimum absolute atomic E-state index is 0.0371. The average Bonchev–Trinajstić information content (AvgIpc) is 2.81. The number of hydrogen-bond donors (Lipinski definition) is 0. The highest BCUT2D eigenvalue weighted by Crippen LogP contribution is 2.30. The Labute approximate surface area is 179 Å². The van der Waals surface area contributed by atoms with Gasteiger partial charge in [-0.2, -0.15) is 0 Å². The van der Waals surface area contributed by atoms with E-state index in [4.69, 9.17) is 4.74 Å². The molecule has 1 aliphatic rings. The van der Waals surface area contributed by atoms with E-state index in [1.54, 1.807) is 43.4 Å². The molecule has 0 radical (unpaired) electrons. The van der Waals surface area contributed by atoms with Crippen LogP contribution in [-0.2, 0) is 11.8 Å². The number of rotatable bonds is 4. The average molecular weight is 420 g/mol. The molecular formula is C23H24N4O4. The topological polar surface area (TPSA) is 84.7 Å². The zero-order valence-electron chi connectivity index (χ0n) is 17.6. The molecular weight excluding hydrogens is 396 g/mol. The maximum absolute atomic E-state index is 13.1. The Kier molecular flexibility index (Phi) is 5.70. The maximum Gasteiger partial charge on any atom is 0.345 e. The second-order valence-electron chi connectivity index (χ2n) is 7.35. The van der Waals surface area contributed by atoms with Crippen LogP contribution in [0.2, 0.25) is 0 Å². The third-order valence-corrected chi connectivity index (χ3v) is 5.55. The van der Waals surface area contributed by atoms with Crippen LogP contribution in [0.4, 0.5) is 5.69 Å². The Bertz CT molecular complexity index is 1180. The highest BCUT2D eigenvalue weighted by molar-refractivity contribution is 6.05. The number of aromatic nitrogens is 2. The van der Waals surface area contributed by atoms with Gasteiger partial charge in [0.15, 0.2) is 0 Å². The van der Waals surface area contributed by atoms with Crippen molar-refractivity contribution in [1.82, 2.24) is 14.5 Å². The zero-order valence-corrected chi connectivity index (χ0v) is 17.6. The number of nitrogens with zero attached hydrogens (tertiary/aromatic N) is 4. The standard InChI is InChI=1S/C23H24N4O4/c1-3-31-23(30)19-20(17-8-4-5-9-18(17)25(2)22(19)29)26-11-13-27(14-12-26)21(28)16-7-6-10-24-15-16/h4-10,15H,3,11-14H2,1-2H3. The van der Waals surface area contributed by atoms with Crippen LogP contribution in [0.5, 0.6) is 0 Å². The Morgan fingerprint density at radius 3 is 2.48 bits per heavy atom. The highest BCUT2D eigenvalue weighted by Gasteiger charge is 2.29. The smallest absolute Gasteiger partial charge is 0.345 e. The Hall–Kier alpha value is -3.68. The molecule has 160 valence electrons. The van der Waals surface area contributed by atoms with Gasteiger partial charge in [-0.3, -0.25) is 14.6 Å². The first-order chi connectivity index (χ1) is 15.0. The Morgan fingerprint density at radius 1 is 1.06 bits per heavy atom. The largest absolute Gasteiger partial charge is 0.462 e. The van der Waals surface area contributed by atoms with Crippen molar-refractivity contribution >= 4 is 28.5 Å². The number of carbonyl (C=O) groups excluding carboxylic acids is 2. The van der Waals surface area contributed by atoms with Gasteiger partial charge < -0.3 is 19.1 Å². The van der Waals surface area contributed by atoms with Crippen LogP contribution in [0.25, 0.3) is 10.9 Å². The van der Waals surface area contributed by atoms with Crippen LogP contribution in [0.1, 0.15) is 27.6 Å². The number of pyridine rings is 2. The molecule has 8 heteroatoms. The minimum atomic E-state index is -0.627. The number of benzene rings is 1. The summed E-state index contributed by atoms with van der Waals surface area (Å²) in [6.07, 6.45) is 3.19. The van der Waals surface area contributed by atoms with E-state index >= 15 is 0 Å². The van der Waals surface area contributed by atoms with E-state index in [-0.39, 0.29) is 23.6 Å². The van der Waals surface area contributed by atoms with Gasteiger partial charge in [-0.25, -0.2) is 4.79 Å². The lowest BCUT2D eigenvalue weighted by Crippen LogP contribution is -2.49. The molecule has 2 aromatic heterocycles. The molecule has 3 aromatic rings. The quantitative estimate of drug-likeness (QED) is 0.601. The first-order valence-electron chi connectivity index (χ1n) is 10.3. The van der Waals surface area contributed by atoms with Crippen LogP contribution in [0, 0.1) is 0 Å². The number of para-hydroxylation sites is 1. The zero-order chi connectivity index (χ0) is 22.0. The monoisotopic (exact) mass is 420 g/mol. The van der Waals surface area contributed by atoms with Gasteiger partial charge >= 0.3 is 5.97 Å². The molecule has 1 saturated heterocycles. The molecule has 1 fully saturated rings. The summed E-state index contributed by atoms with van der Waals surface area (Å²) < 4.78 is 6.69. The molecule has 3 heterocycles. The summed E-state index contributed by atoms with van der Waals surface area (Å²) in [6, 6.07) is 11.0. The van der Waals surface area contributed by atoms with Gasteiger partial charge in [0.1, 0.15) is 5.56 Å². The van der Waals surface area contributed by atoms with Gasteiger partial charge in [0, 0.05) is 51.0 Å². The van der Waals surface area contributed by atoms with E-state index in [1.807, 2.05) is 29.2 Å². The fraction of sp³-hybridized carbons (Fsp3) is 0.304. The van der Waals surface area contributed by atoms with Crippen molar-refractivity contribution in [2.75, 3.05) is 37.7 Å². The number of amides is 1. The van der Waals surface area contributed by atoms with Crippen LogP contribution < -0.4 is 10.5 Å². The summed E-state index contributed by atoms with van der Waals surface area (Å²) in [5, 5.41) is 0.805. The number of piperazine rings is 1. The van der Waals surface area contributed by atoms with Gasteiger partial charge in [0.25, 0.3) is 11.5 Å². The van der Waals surface area contributed by atoms with Crippen molar-refractivity contribution in [2.24, 2.45) is 7.05 Å². The molecule has 4 rings (SSSR count). The van der Waals surface area contributed by atoms with Gasteiger partial charge in [-0.05, 0) is 25.1 Å². The summed E-state index contributed by atoms with van der Waals surface area (Å²) in [5.41, 5.74) is 1.51. The Morgan fingerprint density at radius 2 is 1.81 bits per heavy atom. The van der Waals surface area contributed by atoms with Crippen LogP contribution >= 0.6 is 0 Å². The summed E-state index contributed by atoms with van der Waals surface area (Å²) in [4.78, 5) is 46.4. The number of aryl methyl sites for hydroxylation is 1. The van der Waals surface area contributed by atoms with Crippen LogP contribution in [0.3, 0.4) is 0 Å². The number of anilines is 1. The molecule has 0 bridgehead atoms. The van der Waals surface area contributed by atoms with Gasteiger partial charge in [-0.1, -0.05) is 18.2 Å². The summed E-state index contributed by atoms with van der Waals surface area (Å²) in [6.45, 7) is 3.83. The predicted octanol–water partition coefficient (Wildman–Crippen LogP) is 2.07. The van der Waals surface area contributed by atoms with Crippen molar-refractivity contribution in [2.45, 2.75) is 6.92 Å². The van der Waals surface area contributed by atoms with Gasteiger partial charge in [0.05, 0.1) is 23.4 Å². The van der Waals surface area contributed by atoms with E-state index in [0.29, 0.717) is 37.4 Å². The summed E-state index contributed by atoms with van der Waals surface area (Å²) in [7, 11) is 1.65. The second kappa shape index (κ2) is 8.59. The van der Waals surface area contributed by atoms with Crippen molar-refractivity contribution < 1.29 is 14.3 Å². The number of esters is 1. The van der Waals surface area contributed by atoms with Crippen molar-refractivity contribution in [3.05, 3.63) is 70.3 Å². The molecule has 0 saturated carbocycles. The number of carbonyl (C=O) groups is 2. The first-order valence-corrected chi connectivity index (χ1v) is 10.3. The lowest BCUT2D eigenvalue weighted by molar-refractivity contribution is 0.0523. The third-order valence-electron chi connectivity index (χ3n) is 5.55. The van der Waals surface area contributed by atoms with E-state index in [1.165, 1.54) is 4.57 Å². The van der Waals surface area contributed by atoms with E-state index in [9.17, 15) is 14.4 Å². The molecule has 1 amide bonds. The van der Waals surface area contributed by atoms with Crippen molar-refractivity contribution in [3.63, 3.8) is 0 Å². The fourth-order valence-electron chi connectivity index (χ4n) is 4.00. The molecule has 0 aliphatic carbocycles. The molecule has 31 heavy (non-hydrogen) atoms. The fourth-order valence-corrected chi connectivity index (χ4v) is 4.00.